The van der Waals surface area contributed by atoms with E-state index in [-0.39, 0.29) is 13.2 Å². The molecule has 0 radical (unpaired) electrons. The van der Waals surface area contributed by atoms with Crippen molar-refractivity contribution in [1.29, 1.82) is 0 Å². The van der Waals surface area contributed by atoms with E-state index in [1.807, 2.05) is 41.3 Å². The summed E-state index contributed by atoms with van der Waals surface area (Å²) in [5.41, 5.74) is 1.34. The van der Waals surface area contributed by atoms with Crippen LogP contribution in [0.25, 0.3) is 12.2 Å². The molecule has 0 saturated carbocycles. The van der Waals surface area contributed by atoms with Gasteiger partial charge in [0.1, 0.15) is 13.2 Å². The summed E-state index contributed by atoms with van der Waals surface area (Å²) in [7, 11) is 0. The van der Waals surface area contributed by atoms with Crippen molar-refractivity contribution >= 4 is 41.2 Å². The van der Waals surface area contributed by atoms with Crippen LogP contribution in [0.15, 0.2) is 128 Å². The minimum Gasteiger partial charge on any atom is -0.458 e. The third-order valence-electron chi connectivity index (χ3n) is 6.97. The molecule has 4 aromatic rings. The maximum atomic E-state index is 13.4. The lowest BCUT2D eigenvalue weighted by molar-refractivity contribution is -0.141. The standard InChI is InChI=1S/C38H29F6NO4/c1-3-35(46)48-24-27-14-19-32(20-15-27)45(33-11-7-9-28(22-33)25-49-36(47)4-2)31-17-12-26(13-18-31)8-5-6-10-29-23-30(37(39,40)41)16-21-34(29)38(42,43)44/h3-23H,1-2,24-25H2. The number of rotatable bonds is 12. The highest BCUT2D eigenvalue weighted by atomic mass is 19.4. The van der Waals surface area contributed by atoms with Crippen LogP contribution in [-0.2, 0) is 44.6 Å². The number of carbonyl (C=O) groups is 2. The van der Waals surface area contributed by atoms with Crippen LogP contribution in [0, 0.1) is 0 Å². The lowest BCUT2D eigenvalue weighted by Gasteiger charge is -2.26. The van der Waals surface area contributed by atoms with E-state index in [2.05, 4.69) is 13.2 Å². The first-order valence-corrected chi connectivity index (χ1v) is 14.6. The van der Waals surface area contributed by atoms with Gasteiger partial charge in [0, 0.05) is 29.2 Å². The number of nitrogens with zero attached hydrogens (tertiary/aromatic N) is 1. The van der Waals surface area contributed by atoms with Gasteiger partial charge in [0.05, 0.1) is 11.1 Å². The van der Waals surface area contributed by atoms with Crippen LogP contribution in [0.1, 0.15) is 33.4 Å². The fourth-order valence-corrected chi connectivity index (χ4v) is 4.60. The van der Waals surface area contributed by atoms with Gasteiger partial charge in [-0.2, -0.15) is 26.3 Å². The molecule has 252 valence electrons. The third-order valence-corrected chi connectivity index (χ3v) is 6.97. The Morgan fingerprint density at radius 2 is 1.20 bits per heavy atom. The number of carbonyl (C=O) groups excluding carboxylic acids is 2. The van der Waals surface area contributed by atoms with Gasteiger partial charge in [-0.3, -0.25) is 0 Å². The van der Waals surface area contributed by atoms with Crippen molar-refractivity contribution in [2.75, 3.05) is 4.90 Å². The number of benzene rings is 4. The first-order valence-electron chi connectivity index (χ1n) is 14.6. The molecule has 0 saturated heterocycles. The first-order chi connectivity index (χ1) is 23.3. The lowest BCUT2D eigenvalue weighted by atomic mass is 10.0. The minimum absolute atomic E-state index is 0.0162. The molecule has 0 N–H and O–H groups in total. The molecule has 0 aromatic heterocycles. The summed E-state index contributed by atoms with van der Waals surface area (Å²) in [4.78, 5) is 25.0. The lowest BCUT2D eigenvalue weighted by Crippen LogP contribution is -2.11. The molecule has 0 amide bonds. The second-order valence-electron chi connectivity index (χ2n) is 10.4. The highest BCUT2D eigenvalue weighted by Gasteiger charge is 2.36. The van der Waals surface area contributed by atoms with Crippen molar-refractivity contribution in [3.05, 3.63) is 162 Å². The normalized spacial score (nSPS) is 11.8. The van der Waals surface area contributed by atoms with Crippen LogP contribution in [-0.4, -0.2) is 11.9 Å². The van der Waals surface area contributed by atoms with Crippen LogP contribution in [0.2, 0.25) is 0 Å². The zero-order valence-corrected chi connectivity index (χ0v) is 25.8. The van der Waals surface area contributed by atoms with E-state index in [9.17, 15) is 35.9 Å². The van der Waals surface area contributed by atoms with E-state index >= 15 is 0 Å². The molecule has 0 aliphatic rings. The van der Waals surface area contributed by atoms with Gasteiger partial charge in [-0.1, -0.05) is 73.9 Å². The molecule has 0 heterocycles. The number of allylic oxidation sites excluding steroid dienone is 2. The summed E-state index contributed by atoms with van der Waals surface area (Å²) >= 11 is 0. The van der Waals surface area contributed by atoms with Gasteiger partial charge in [-0.15, -0.1) is 0 Å². The van der Waals surface area contributed by atoms with E-state index in [0.717, 1.165) is 40.9 Å². The van der Waals surface area contributed by atoms with Crippen LogP contribution in [0.5, 0.6) is 0 Å². The van der Waals surface area contributed by atoms with Crippen LogP contribution >= 0.6 is 0 Å². The zero-order chi connectivity index (χ0) is 35.6. The molecule has 0 bridgehead atoms. The monoisotopic (exact) mass is 677 g/mol. The SMILES string of the molecule is C=CC(=O)OCc1ccc(N(c2ccc(C=CC=Cc3cc(C(F)(F)F)ccc3C(F)(F)F)cc2)c2cccc(COC(=O)C=C)c2)cc1. The smallest absolute Gasteiger partial charge is 0.416 e. The molecule has 4 aromatic carbocycles. The average molecular weight is 678 g/mol. The summed E-state index contributed by atoms with van der Waals surface area (Å²) in [6.07, 6.45) is -2.23. The summed E-state index contributed by atoms with van der Waals surface area (Å²) in [5.74, 6) is -1.12. The zero-order valence-electron chi connectivity index (χ0n) is 25.8. The Hall–Kier alpha value is -5.84. The number of anilines is 3. The van der Waals surface area contributed by atoms with Gasteiger partial charge < -0.3 is 14.4 Å². The van der Waals surface area contributed by atoms with E-state index < -0.39 is 41.0 Å². The second-order valence-corrected chi connectivity index (χ2v) is 10.4. The van der Waals surface area contributed by atoms with Crippen molar-refractivity contribution < 1.29 is 45.4 Å². The number of hydrogen-bond donors (Lipinski definition) is 0. The Morgan fingerprint density at radius 3 is 1.78 bits per heavy atom. The van der Waals surface area contributed by atoms with E-state index in [1.54, 1.807) is 42.5 Å². The quantitative estimate of drug-likeness (QED) is 0.0647. The molecule has 49 heavy (non-hydrogen) atoms. The summed E-state index contributed by atoms with van der Waals surface area (Å²) < 4.78 is 90.0. The number of hydrogen-bond acceptors (Lipinski definition) is 5. The Bertz CT molecular complexity index is 1860. The van der Waals surface area contributed by atoms with Gasteiger partial charge in [0.15, 0.2) is 0 Å². The number of alkyl halides is 6. The number of esters is 2. The Labute approximate surface area is 278 Å². The van der Waals surface area contributed by atoms with Crippen LogP contribution in [0.4, 0.5) is 43.4 Å². The Kier molecular flexibility index (Phi) is 11.6. The summed E-state index contributed by atoms with van der Waals surface area (Å²) in [6, 6.07) is 23.0. The fourth-order valence-electron chi connectivity index (χ4n) is 4.60. The maximum absolute atomic E-state index is 13.4. The van der Waals surface area contributed by atoms with Crippen molar-refractivity contribution in [1.82, 2.24) is 0 Å². The molecule has 0 unspecified atom stereocenters. The fraction of sp³-hybridized carbons (Fsp3) is 0.105. The van der Waals surface area contributed by atoms with Gasteiger partial charge in [0.2, 0.25) is 0 Å². The predicted molar refractivity (Wildman–Crippen MR) is 176 cm³/mol. The van der Waals surface area contributed by atoms with Gasteiger partial charge >= 0.3 is 24.3 Å². The van der Waals surface area contributed by atoms with Gasteiger partial charge in [0.25, 0.3) is 0 Å². The van der Waals surface area contributed by atoms with Crippen molar-refractivity contribution in [2.24, 2.45) is 0 Å². The predicted octanol–water partition coefficient (Wildman–Crippen LogP) is 10.4. The Morgan fingerprint density at radius 1 is 0.633 bits per heavy atom. The minimum atomic E-state index is -4.83. The van der Waals surface area contributed by atoms with Crippen molar-refractivity contribution in [2.45, 2.75) is 25.6 Å². The number of halogens is 6. The summed E-state index contributed by atoms with van der Waals surface area (Å²) in [5, 5.41) is 0. The third kappa shape index (κ3) is 10.1. The molecule has 0 fully saturated rings. The van der Waals surface area contributed by atoms with Crippen LogP contribution in [0.3, 0.4) is 0 Å². The van der Waals surface area contributed by atoms with Crippen LogP contribution < -0.4 is 4.90 Å². The van der Waals surface area contributed by atoms with Gasteiger partial charge in [-0.05, 0) is 76.9 Å². The molecule has 5 nitrogen and oxygen atoms in total. The largest absolute Gasteiger partial charge is 0.458 e. The highest BCUT2D eigenvalue weighted by molar-refractivity contribution is 5.82. The molecular weight excluding hydrogens is 648 g/mol. The average Bonchev–Trinajstić information content (AvgIpc) is 3.08. The molecule has 11 heteroatoms. The molecular formula is C38H29F6NO4. The molecule has 4 rings (SSSR count). The van der Waals surface area contributed by atoms with Crippen molar-refractivity contribution in [3.8, 4) is 0 Å². The molecule has 0 aliphatic carbocycles. The number of ether oxygens (including phenoxy) is 2. The van der Waals surface area contributed by atoms with E-state index in [4.69, 9.17) is 9.47 Å². The van der Waals surface area contributed by atoms with E-state index in [0.29, 0.717) is 29.3 Å². The first kappa shape index (κ1) is 36.0. The molecule has 0 atom stereocenters. The molecule has 0 spiro atoms. The second kappa shape index (κ2) is 15.8. The maximum Gasteiger partial charge on any atom is 0.416 e. The summed E-state index contributed by atoms with van der Waals surface area (Å²) in [6.45, 7) is 6.85. The van der Waals surface area contributed by atoms with Gasteiger partial charge in [-0.25, -0.2) is 9.59 Å². The Balaban J connectivity index is 1.61. The van der Waals surface area contributed by atoms with E-state index in [1.165, 1.54) is 12.2 Å². The highest BCUT2D eigenvalue weighted by Crippen LogP contribution is 2.38. The topological polar surface area (TPSA) is 55.8 Å². The molecule has 0 aliphatic heterocycles. The van der Waals surface area contributed by atoms with Crippen molar-refractivity contribution in [3.63, 3.8) is 0 Å².